The molecule has 0 saturated heterocycles. The zero-order chi connectivity index (χ0) is 11.7. The number of hydrogen-bond acceptors (Lipinski definition) is 3. The molecule has 2 aromatic rings. The largest absolute Gasteiger partial charge is 0.330 e. The quantitative estimate of drug-likeness (QED) is 0.828. The summed E-state index contributed by atoms with van der Waals surface area (Å²) in [5.74, 6) is 0.00278. The zero-order valence-electron chi connectivity index (χ0n) is 8.90. The lowest BCUT2D eigenvalue weighted by molar-refractivity contribution is 0.0987. The number of halogens is 1. The number of carbonyl (C=O) groups excluding carboxylic acids is 1. The Kier molecular flexibility index (Phi) is 2.94. The number of Topliss-reactive ketones (excluding diaryl/α,β-unsaturated/α-hetero) is 1. The van der Waals surface area contributed by atoms with Crippen LogP contribution in [-0.2, 0) is 7.05 Å². The van der Waals surface area contributed by atoms with E-state index in [9.17, 15) is 4.79 Å². The lowest BCUT2D eigenvalue weighted by atomic mass is 10.0. The van der Waals surface area contributed by atoms with E-state index < -0.39 is 0 Å². The zero-order valence-corrected chi connectivity index (χ0v) is 9.66. The first kappa shape index (κ1) is 11.1. The van der Waals surface area contributed by atoms with Crippen molar-refractivity contribution in [1.82, 2.24) is 9.78 Å². The standard InChI is InChI=1S/C11H12ClN3O/c1-15-8-4-2-3-7(9(16)5-6-13)10(8)11(12)14-15/h2-4H,5-6,13H2,1H3. The molecule has 1 aromatic heterocycles. The molecule has 2 rings (SSSR count). The average Bonchev–Trinajstić information content (AvgIpc) is 2.55. The van der Waals surface area contributed by atoms with E-state index in [4.69, 9.17) is 17.3 Å². The molecule has 84 valence electrons. The third-order valence-corrected chi connectivity index (χ3v) is 2.77. The highest BCUT2D eigenvalue weighted by molar-refractivity contribution is 6.35. The van der Waals surface area contributed by atoms with Gasteiger partial charge in [0.2, 0.25) is 0 Å². The monoisotopic (exact) mass is 237 g/mol. The Bertz CT molecular complexity index is 547. The van der Waals surface area contributed by atoms with Gasteiger partial charge >= 0.3 is 0 Å². The number of benzene rings is 1. The highest BCUT2D eigenvalue weighted by Gasteiger charge is 2.15. The summed E-state index contributed by atoms with van der Waals surface area (Å²) in [5, 5.41) is 5.16. The van der Waals surface area contributed by atoms with Crippen molar-refractivity contribution in [2.24, 2.45) is 12.8 Å². The van der Waals surface area contributed by atoms with Gasteiger partial charge in [-0.15, -0.1) is 0 Å². The van der Waals surface area contributed by atoms with Gasteiger partial charge in [0.15, 0.2) is 10.9 Å². The van der Waals surface area contributed by atoms with Crippen LogP contribution in [0.5, 0.6) is 0 Å². The number of hydrogen-bond donors (Lipinski definition) is 1. The van der Waals surface area contributed by atoms with E-state index in [2.05, 4.69) is 5.10 Å². The number of fused-ring (bicyclic) bond motifs is 1. The molecule has 4 nitrogen and oxygen atoms in total. The summed E-state index contributed by atoms with van der Waals surface area (Å²) in [4.78, 5) is 11.8. The number of aromatic nitrogens is 2. The minimum atomic E-state index is 0.00278. The van der Waals surface area contributed by atoms with Crippen LogP contribution in [0.15, 0.2) is 18.2 Å². The van der Waals surface area contributed by atoms with Gasteiger partial charge in [-0.3, -0.25) is 9.48 Å². The third kappa shape index (κ3) is 1.70. The first-order valence-electron chi connectivity index (χ1n) is 4.99. The van der Waals surface area contributed by atoms with Gasteiger partial charge in [0.1, 0.15) is 0 Å². The lowest BCUT2D eigenvalue weighted by Crippen LogP contribution is -2.08. The predicted molar refractivity (Wildman–Crippen MR) is 63.7 cm³/mol. The molecule has 0 aliphatic carbocycles. The highest BCUT2D eigenvalue weighted by Crippen LogP contribution is 2.26. The van der Waals surface area contributed by atoms with Crippen LogP contribution in [-0.4, -0.2) is 22.1 Å². The summed E-state index contributed by atoms with van der Waals surface area (Å²) < 4.78 is 1.66. The molecule has 0 saturated carbocycles. The molecule has 0 unspecified atom stereocenters. The van der Waals surface area contributed by atoms with E-state index in [1.165, 1.54) is 0 Å². The lowest BCUT2D eigenvalue weighted by Gasteiger charge is -2.01. The molecule has 0 amide bonds. The fraction of sp³-hybridized carbons (Fsp3) is 0.273. The summed E-state index contributed by atoms with van der Waals surface area (Å²) in [6, 6.07) is 5.46. The molecule has 0 aliphatic heterocycles. The van der Waals surface area contributed by atoms with Crippen LogP contribution >= 0.6 is 11.6 Å². The Labute approximate surface area is 98.0 Å². The van der Waals surface area contributed by atoms with E-state index in [0.29, 0.717) is 29.1 Å². The van der Waals surface area contributed by atoms with Crippen LogP contribution in [0, 0.1) is 0 Å². The Hall–Kier alpha value is -1.39. The number of carbonyl (C=O) groups is 1. The van der Waals surface area contributed by atoms with Crippen LogP contribution in [0.3, 0.4) is 0 Å². The SMILES string of the molecule is Cn1nc(Cl)c2c(C(=O)CCN)cccc21. The molecular formula is C11H12ClN3O. The van der Waals surface area contributed by atoms with Crippen molar-refractivity contribution in [2.75, 3.05) is 6.54 Å². The van der Waals surface area contributed by atoms with Crippen LogP contribution < -0.4 is 5.73 Å². The van der Waals surface area contributed by atoms with E-state index in [0.717, 1.165) is 5.52 Å². The van der Waals surface area contributed by atoms with Crippen molar-refractivity contribution in [3.63, 3.8) is 0 Å². The number of rotatable bonds is 3. The predicted octanol–water partition coefficient (Wildman–Crippen LogP) is 1.76. The molecule has 1 heterocycles. The second kappa shape index (κ2) is 4.23. The summed E-state index contributed by atoms with van der Waals surface area (Å²) in [6.07, 6.45) is 0.324. The smallest absolute Gasteiger partial charge is 0.164 e. The van der Waals surface area contributed by atoms with Gasteiger partial charge in [-0.05, 0) is 12.6 Å². The average molecular weight is 238 g/mol. The van der Waals surface area contributed by atoms with E-state index >= 15 is 0 Å². The molecule has 5 heteroatoms. The molecule has 0 fully saturated rings. The maximum absolute atomic E-state index is 11.8. The van der Waals surface area contributed by atoms with Crippen molar-refractivity contribution in [1.29, 1.82) is 0 Å². The van der Waals surface area contributed by atoms with Gasteiger partial charge in [0.05, 0.1) is 5.52 Å². The van der Waals surface area contributed by atoms with Crippen LogP contribution in [0.4, 0.5) is 0 Å². The van der Waals surface area contributed by atoms with E-state index in [1.807, 2.05) is 12.1 Å². The summed E-state index contributed by atoms with van der Waals surface area (Å²) in [6.45, 7) is 0.340. The first-order chi connectivity index (χ1) is 7.65. The second-order valence-corrected chi connectivity index (χ2v) is 3.93. The molecule has 0 radical (unpaired) electrons. The number of nitrogens with two attached hydrogens (primary N) is 1. The highest BCUT2D eigenvalue weighted by atomic mass is 35.5. The fourth-order valence-electron chi connectivity index (χ4n) is 1.76. The Balaban J connectivity index is 2.66. The minimum absolute atomic E-state index is 0.00278. The Morgan fingerprint density at radius 1 is 1.56 bits per heavy atom. The van der Waals surface area contributed by atoms with Gasteiger partial charge in [0, 0.05) is 24.4 Å². The first-order valence-corrected chi connectivity index (χ1v) is 5.37. The second-order valence-electron chi connectivity index (χ2n) is 3.58. The van der Waals surface area contributed by atoms with Crippen LogP contribution in [0.2, 0.25) is 5.15 Å². The molecule has 0 spiro atoms. The number of ketones is 1. The van der Waals surface area contributed by atoms with Crippen LogP contribution in [0.25, 0.3) is 10.9 Å². The third-order valence-electron chi connectivity index (χ3n) is 2.51. The molecule has 0 aliphatic rings. The maximum atomic E-state index is 11.8. The number of aryl methyl sites for hydroxylation is 1. The van der Waals surface area contributed by atoms with Crippen LogP contribution in [0.1, 0.15) is 16.8 Å². The number of nitrogens with zero attached hydrogens (tertiary/aromatic N) is 2. The molecule has 0 atom stereocenters. The molecular weight excluding hydrogens is 226 g/mol. The summed E-state index contributed by atoms with van der Waals surface area (Å²) in [7, 11) is 1.80. The van der Waals surface area contributed by atoms with Crippen molar-refractivity contribution < 1.29 is 4.79 Å². The molecule has 16 heavy (non-hydrogen) atoms. The Morgan fingerprint density at radius 3 is 3.00 bits per heavy atom. The van der Waals surface area contributed by atoms with Gasteiger partial charge in [0.25, 0.3) is 0 Å². The summed E-state index contributed by atoms with van der Waals surface area (Å²) in [5.41, 5.74) is 6.83. The topological polar surface area (TPSA) is 60.9 Å². The molecule has 2 N–H and O–H groups in total. The van der Waals surface area contributed by atoms with Crippen molar-refractivity contribution in [3.8, 4) is 0 Å². The minimum Gasteiger partial charge on any atom is -0.330 e. The Morgan fingerprint density at radius 2 is 2.31 bits per heavy atom. The van der Waals surface area contributed by atoms with Crippen molar-refractivity contribution in [2.45, 2.75) is 6.42 Å². The van der Waals surface area contributed by atoms with Crippen molar-refractivity contribution in [3.05, 3.63) is 28.9 Å². The van der Waals surface area contributed by atoms with E-state index in [1.54, 1.807) is 17.8 Å². The summed E-state index contributed by atoms with van der Waals surface area (Å²) >= 11 is 6.01. The van der Waals surface area contributed by atoms with Gasteiger partial charge in [-0.2, -0.15) is 5.10 Å². The normalized spacial score (nSPS) is 10.9. The van der Waals surface area contributed by atoms with Gasteiger partial charge < -0.3 is 5.73 Å². The van der Waals surface area contributed by atoms with E-state index in [-0.39, 0.29) is 5.78 Å². The van der Waals surface area contributed by atoms with Crippen molar-refractivity contribution >= 4 is 28.3 Å². The fourth-order valence-corrected chi connectivity index (χ4v) is 2.07. The maximum Gasteiger partial charge on any atom is 0.164 e. The molecule has 1 aromatic carbocycles. The molecule has 0 bridgehead atoms. The van der Waals surface area contributed by atoms with Gasteiger partial charge in [-0.25, -0.2) is 0 Å². The van der Waals surface area contributed by atoms with Gasteiger partial charge in [-0.1, -0.05) is 23.7 Å².